The molecule has 0 unspecified atom stereocenters. The first-order chi connectivity index (χ1) is 15.0. The summed E-state index contributed by atoms with van der Waals surface area (Å²) in [6, 6.07) is 14.3. The molecule has 3 N–H and O–H groups in total. The molecule has 0 heterocycles. The summed E-state index contributed by atoms with van der Waals surface area (Å²) in [4.78, 5) is 24.7. The molecule has 2 aromatic carbocycles. The van der Waals surface area contributed by atoms with Crippen LogP contribution in [0, 0.1) is 0 Å². The number of para-hydroxylation sites is 1. The van der Waals surface area contributed by atoms with E-state index in [0.29, 0.717) is 35.7 Å². The quantitative estimate of drug-likeness (QED) is 0.316. The van der Waals surface area contributed by atoms with E-state index in [1.807, 2.05) is 24.3 Å². The second-order valence-corrected chi connectivity index (χ2v) is 7.60. The molecule has 6 nitrogen and oxygen atoms in total. The van der Waals surface area contributed by atoms with Crippen LogP contribution in [0.2, 0.25) is 0 Å². The highest BCUT2D eigenvalue weighted by atomic mass is 32.1. The fraction of sp³-hybridized carbons (Fsp3) is 0.375. The Balaban J connectivity index is 1.93. The lowest BCUT2D eigenvalue weighted by Crippen LogP contribution is -2.34. The minimum atomic E-state index is -0.343. The molecule has 0 saturated heterocycles. The van der Waals surface area contributed by atoms with Gasteiger partial charge in [-0.2, -0.15) is 0 Å². The van der Waals surface area contributed by atoms with E-state index in [4.69, 9.17) is 17.0 Å². The Kier molecular flexibility index (Phi) is 10.5. The molecule has 0 aliphatic heterocycles. The zero-order valence-corrected chi connectivity index (χ0v) is 19.0. The van der Waals surface area contributed by atoms with Gasteiger partial charge in [-0.3, -0.25) is 14.9 Å². The molecule has 0 aliphatic rings. The second-order valence-electron chi connectivity index (χ2n) is 7.19. The van der Waals surface area contributed by atoms with E-state index in [2.05, 4.69) is 29.8 Å². The Hall–Kier alpha value is -2.93. The lowest BCUT2D eigenvalue weighted by Gasteiger charge is -2.13. The predicted molar refractivity (Wildman–Crippen MR) is 130 cm³/mol. The number of carbonyl (C=O) groups is 2. The number of carbonyl (C=O) groups excluding carboxylic acids is 2. The highest BCUT2D eigenvalue weighted by Gasteiger charge is 2.14. The standard InChI is InChI=1S/C24H31N3O3S/c1-3-5-7-15-22(28)25-18-11-10-12-19(17-18)26-24(31)27-23(29)20-13-8-9-14-21(20)30-16-6-4-2/h8-14,17H,3-7,15-16H2,1-2H3,(H,25,28)(H2,26,27,29,31). The normalized spacial score (nSPS) is 10.3. The number of thiocarbonyl (C=S) groups is 1. The van der Waals surface area contributed by atoms with E-state index in [0.717, 1.165) is 32.1 Å². The number of rotatable bonds is 11. The average molecular weight is 442 g/mol. The number of ether oxygens (including phenoxy) is 1. The van der Waals surface area contributed by atoms with Gasteiger partial charge in [0, 0.05) is 17.8 Å². The smallest absolute Gasteiger partial charge is 0.261 e. The lowest BCUT2D eigenvalue weighted by molar-refractivity contribution is -0.116. The van der Waals surface area contributed by atoms with E-state index in [9.17, 15) is 9.59 Å². The maximum atomic E-state index is 12.7. The molecule has 7 heteroatoms. The van der Waals surface area contributed by atoms with E-state index < -0.39 is 0 Å². The Labute approximate surface area is 189 Å². The fourth-order valence-electron chi connectivity index (χ4n) is 2.87. The Morgan fingerprint density at radius 3 is 2.35 bits per heavy atom. The van der Waals surface area contributed by atoms with Crippen molar-refractivity contribution in [1.29, 1.82) is 0 Å². The summed E-state index contributed by atoms with van der Waals surface area (Å²) in [5, 5.41) is 8.73. The molecular weight excluding hydrogens is 410 g/mol. The molecule has 0 fully saturated rings. The van der Waals surface area contributed by atoms with Crippen molar-refractivity contribution in [2.75, 3.05) is 17.2 Å². The van der Waals surface area contributed by atoms with Crippen LogP contribution in [0.3, 0.4) is 0 Å². The molecule has 166 valence electrons. The molecule has 0 aromatic heterocycles. The van der Waals surface area contributed by atoms with Crippen LogP contribution in [0.15, 0.2) is 48.5 Å². The zero-order valence-electron chi connectivity index (χ0n) is 18.2. The SMILES string of the molecule is CCCCCC(=O)Nc1cccc(NC(=S)NC(=O)c2ccccc2OCCCC)c1. The van der Waals surface area contributed by atoms with Crippen molar-refractivity contribution < 1.29 is 14.3 Å². The molecule has 2 amide bonds. The van der Waals surface area contributed by atoms with Gasteiger partial charge in [-0.05, 0) is 55.4 Å². The van der Waals surface area contributed by atoms with E-state index >= 15 is 0 Å². The molecule has 0 atom stereocenters. The lowest BCUT2D eigenvalue weighted by atomic mass is 10.2. The number of nitrogens with one attached hydrogen (secondary N) is 3. The summed E-state index contributed by atoms with van der Waals surface area (Å²) in [6.45, 7) is 4.74. The van der Waals surface area contributed by atoms with Crippen molar-refractivity contribution in [1.82, 2.24) is 5.32 Å². The molecule has 0 bridgehead atoms. The number of anilines is 2. The molecule has 2 rings (SSSR count). The fourth-order valence-corrected chi connectivity index (χ4v) is 3.08. The monoisotopic (exact) mass is 441 g/mol. The van der Waals surface area contributed by atoms with Gasteiger partial charge in [-0.25, -0.2) is 0 Å². The van der Waals surface area contributed by atoms with Gasteiger partial charge in [0.25, 0.3) is 5.91 Å². The van der Waals surface area contributed by atoms with Crippen LogP contribution in [0.4, 0.5) is 11.4 Å². The molecule has 31 heavy (non-hydrogen) atoms. The number of hydrogen-bond acceptors (Lipinski definition) is 4. The third-order valence-electron chi connectivity index (χ3n) is 4.53. The van der Waals surface area contributed by atoms with Gasteiger partial charge >= 0.3 is 0 Å². The number of unbranched alkanes of at least 4 members (excludes halogenated alkanes) is 3. The van der Waals surface area contributed by atoms with Gasteiger partial charge in [0.2, 0.25) is 5.91 Å². The van der Waals surface area contributed by atoms with Gasteiger partial charge < -0.3 is 15.4 Å². The van der Waals surface area contributed by atoms with Crippen molar-refractivity contribution >= 4 is 40.5 Å². The predicted octanol–water partition coefficient (Wildman–Crippen LogP) is 5.51. The highest BCUT2D eigenvalue weighted by molar-refractivity contribution is 7.80. The van der Waals surface area contributed by atoms with Crippen LogP contribution in [-0.2, 0) is 4.79 Å². The average Bonchev–Trinajstić information content (AvgIpc) is 2.74. The minimum Gasteiger partial charge on any atom is -0.493 e. The van der Waals surface area contributed by atoms with Gasteiger partial charge in [-0.1, -0.05) is 51.3 Å². The zero-order chi connectivity index (χ0) is 22.5. The summed E-state index contributed by atoms with van der Waals surface area (Å²) in [6.07, 6.45) is 5.42. The summed E-state index contributed by atoms with van der Waals surface area (Å²) >= 11 is 5.29. The van der Waals surface area contributed by atoms with Gasteiger partial charge in [0.05, 0.1) is 12.2 Å². The minimum absolute atomic E-state index is 0.0128. The summed E-state index contributed by atoms with van der Waals surface area (Å²) < 4.78 is 5.72. The van der Waals surface area contributed by atoms with E-state index in [-0.39, 0.29) is 16.9 Å². The summed E-state index contributed by atoms with van der Waals surface area (Å²) in [5.74, 6) is 0.176. The number of benzene rings is 2. The summed E-state index contributed by atoms with van der Waals surface area (Å²) in [7, 11) is 0. The van der Waals surface area contributed by atoms with Crippen LogP contribution in [0.5, 0.6) is 5.75 Å². The Bertz CT molecular complexity index is 886. The third-order valence-corrected chi connectivity index (χ3v) is 4.73. The highest BCUT2D eigenvalue weighted by Crippen LogP contribution is 2.19. The first kappa shape index (κ1) is 24.3. The van der Waals surface area contributed by atoms with Crippen LogP contribution >= 0.6 is 12.2 Å². The van der Waals surface area contributed by atoms with Crippen LogP contribution in [0.25, 0.3) is 0 Å². The molecule has 0 saturated carbocycles. The van der Waals surface area contributed by atoms with E-state index in [1.54, 1.807) is 24.3 Å². The molecule has 2 aromatic rings. The largest absolute Gasteiger partial charge is 0.493 e. The maximum Gasteiger partial charge on any atom is 0.261 e. The van der Waals surface area contributed by atoms with Crippen LogP contribution < -0.4 is 20.7 Å². The van der Waals surface area contributed by atoms with Crippen molar-refractivity contribution in [2.45, 2.75) is 52.4 Å². The first-order valence-corrected chi connectivity index (χ1v) is 11.2. The van der Waals surface area contributed by atoms with Crippen LogP contribution in [0.1, 0.15) is 62.7 Å². The van der Waals surface area contributed by atoms with Crippen molar-refractivity contribution in [3.8, 4) is 5.75 Å². The van der Waals surface area contributed by atoms with Crippen LogP contribution in [-0.4, -0.2) is 23.5 Å². The summed E-state index contributed by atoms with van der Waals surface area (Å²) in [5.41, 5.74) is 1.77. The van der Waals surface area contributed by atoms with Crippen molar-refractivity contribution in [2.24, 2.45) is 0 Å². The number of amides is 2. The maximum absolute atomic E-state index is 12.7. The molecule has 0 radical (unpaired) electrons. The first-order valence-electron chi connectivity index (χ1n) is 10.8. The van der Waals surface area contributed by atoms with Gasteiger partial charge in [-0.15, -0.1) is 0 Å². The van der Waals surface area contributed by atoms with Crippen molar-refractivity contribution in [3.05, 3.63) is 54.1 Å². The topological polar surface area (TPSA) is 79.5 Å². The molecule has 0 spiro atoms. The Morgan fingerprint density at radius 2 is 1.61 bits per heavy atom. The van der Waals surface area contributed by atoms with Crippen molar-refractivity contribution in [3.63, 3.8) is 0 Å². The number of hydrogen-bond donors (Lipinski definition) is 3. The van der Waals surface area contributed by atoms with Gasteiger partial charge in [0.15, 0.2) is 5.11 Å². The molecular formula is C24H31N3O3S. The Morgan fingerprint density at radius 1 is 0.903 bits per heavy atom. The molecule has 0 aliphatic carbocycles. The third kappa shape index (κ3) is 8.76. The second kappa shape index (κ2) is 13.4. The van der Waals surface area contributed by atoms with Gasteiger partial charge in [0.1, 0.15) is 5.75 Å². The van der Waals surface area contributed by atoms with E-state index in [1.165, 1.54) is 0 Å².